The zero-order valence-electron chi connectivity index (χ0n) is 24.5. The van der Waals surface area contributed by atoms with Crippen LogP contribution < -0.4 is 27.0 Å². The van der Waals surface area contributed by atoms with E-state index in [2.05, 4.69) is 21.3 Å². The van der Waals surface area contributed by atoms with E-state index in [4.69, 9.17) is 5.73 Å². The first kappa shape index (κ1) is 34.7. The molecule has 2 aromatic carbocycles. The number of amides is 4. The molecule has 0 radical (unpaired) electrons. The van der Waals surface area contributed by atoms with Gasteiger partial charge in [-0.1, -0.05) is 77.9 Å². The number of hydrogen-bond acceptors (Lipinski definition) is 9. The van der Waals surface area contributed by atoms with Crippen LogP contribution in [0.5, 0.6) is 5.75 Å². The summed E-state index contributed by atoms with van der Waals surface area (Å²) in [5, 5.41) is 29.9. The Morgan fingerprint density at radius 2 is 1.50 bits per heavy atom. The number of nitrogens with one attached hydrogen (secondary N) is 4. The Bertz CT molecular complexity index is 1300. The maximum atomic E-state index is 13.6. The van der Waals surface area contributed by atoms with E-state index in [0.29, 0.717) is 5.56 Å². The van der Waals surface area contributed by atoms with Crippen LogP contribution >= 0.6 is 21.6 Å². The summed E-state index contributed by atoms with van der Waals surface area (Å²) in [5.74, 6) is -3.63. The summed E-state index contributed by atoms with van der Waals surface area (Å²) < 4.78 is 0. The lowest BCUT2D eigenvalue weighted by molar-refractivity contribution is -0.141. The van der Waals surface area contributed by atoms with Crippen molar-refractivity contribution in [2.24, 2.45) is 11.7 Å². The van der Waals surface area contributed by atoms with E-state index in [1.54, 1.807) is 36.4 Å². The van der Waals surface area contributed by atoms with Crippen molar-refractivity contribution in [2.75, 3.05) is 11.5 Å². The van der Waals surface area contributed by atoms with E-state index in [0.717, 1.165) is 27.2 Å². The lowest BCUT2D eigenvalue weighted by Gasteiger charge is -2.28. The van der Waals surface area contributed by atoms with Crippen LogP contribution in [0.1, 0.15) is 31.4 Å². The Morgan fingerprint density at radius 3 is 2.14 bits per heavy atom. The maximum Gasteiger partial charge on any atom is 0.327 e. The van der Waals surface area contributed by atoms with Crippen LogP contribution in [0.4, 0.5) is 0 Å². The molecule has 1 heterocycles. The summed E-state index contributed by atoms with van der Waals surface area (Å²) in [7, 11) is 2.28. The molecule has 44 heavy (non-hydrogen) atoms. The number of carbonyl (C=O) groups excluding carboxylic acids is 4. The first-order chi connectivity index (χ1) is 20.9. The van der Waals surface area contributed by atoms with Crippen molar-refractivity contribution in [1.82, 2.24) is 21.3 Å². The molecule has 0 spiro atoms. The number of phenols is 1. The highest BCUT2D eigenvalue weighted by Crippen LogP contribution is 2.24. The van der Waals surface area contributed by atoms with Crippen molar-refractivity contribution >= 4 is 51.2 Å². The second-order valence-electron chi connectivity index (χ2n) is 10.9. The van der Waals surface area contributed by atoms with Gasteiger partial charge >= 0.3 is 5.97 Å². The predicted octanol–water partition coefficient (Wildman–Crippen LogP) is 0.970. The van der Waals surface area contributed by atoms with Gasteiger partial charge in [-0.25, -0.2) is 4.79 Å². The summed E-state index contributed by atoms with van der Waals surface area (Å²) in [6.07, 6.45) is 0.503. The molecule has 8 N–H and O–H groups in total. The Morgan fingerprint density at radius 1 is 0.886 bits per heavy atom. The SMILES string of the molecule is CC(C)CC1NC(=O)C(Cc2ccccc2)NC(=O)C(NC(=O)C(N)Cc2ccc(O)cc2)CSSCC(C(=O)O)NC1=O. The molecule has 238 valence electrons. The molecule has 5 atom stereocenters. The number of carbonyl (C=O) groups is 5. The second-order valence-corrected chi connectivity index (χ2v) is 13.5. The van der Waals surface area contributed by atoms with Crippen molar-refractivity contribution in [2.45, 2.75) is 63.3 Å². The highest BCUT2D eigenvalue weighted by Gasteiger charge is 2.33. The van der Waals surface area contributed by atoms with Gasteiger partial charge in [0.25, 0.3) is 0 Å². The number of phenolic OH excluding ortho intramolecular Hbond substituents is 1. The Hall–Kier alpha value is -3.75. The van der Waals surface area contributed by atoms with Gasteiger partial charge in [-0.05, 0) is 42.0 Å². The molecular weight excluding hydrogens is 606 g/mol. The fourth-order valence-corrected chi connectivity index (χ4v) is 6.75. The van der Waals surface area contributed by atoms with Gasteiger partial charge in [-0.2, -0.15) is 0 Å². The predicted molar refractivity (Wildman–Crippen MR) is 170 cm³/mol. The quantitative estimate of drug-likeness (QED) is 0.193. The van der Waals surface area contributed by atoms with Crippen LogP contribution in [0, 0.1) is 5.92 Å². The summed E-state index contributed by atoms with van der Waals surface area (Å²) in [6, 6.07) is 9.76. The highest BCUT2D eigenvalue weighted by molar-refractivity contribution is 8.76. The Kier molecular flexibility index (Phi) is 13.4. The average Bonchev–Trinajstić information content (AvgIpc) is 2.97. The summed E-state index contributed by atoms with van der Waals surface area (Å²) in [6.45, 7) is 3.74. The van der Waals surface area contributed by atoms with Gasteiger partial charge in [-0.3, -0.25) is 19.2 Å². The van der Waals surface area contributed by atoms with Crippen LogP contribution in [0.3, 0.4) is 0 Å². The minimum absolute atomic E-state index is 0.00863. The van der Waals surface area contributed by atoms with Crippen LogP contribution in [0.15, 0.2) is 54.6 Å². The molecule has 1 fully saturated rings. The monoisotopic (exact) mass is 645 g/mol. The summed E-state index contributed by atoms with van der Waals surface area (Å²) >= 11 is 0. The fourth-order valence-electron chi connectivity index (χ4n) is 4.43. The molecule has 0 saturated carbocycles. The van der Waals surface area contributed by atoms with Gasteiger partial charge in [0, 0.05) is 17.9 Å². The first-order valence-electron chi connectivity index (χ1n) is 14.2. The number of nitrogens with two attached hydrogens (primary N) is 1. The molecule has 0 aliphatic carbocycles. The molecule has 12 nitrogen and oxygen atoms in total. The topological polar surface area (TPSA) is 200 Å². The summed E-state index contributed by atoms with van der Waals surface area (Å²) in [5.41, 5.74) is 7.61. The highest BCUT2D eigenvalue weighted by atomic mass is 33.1. The smallest absolute Gasteiger partial charge is 0.327 e. The standard InChI is InChI=1S/C30H39N5O7S2/c1-17(2)12-22-27(38)35-25(30(41)42)16-44-43-15-24(34-26(37)21(31)13-19-8-10-20(36)11-9-19)29(40)33-23(28(39)32-22)14-18-6-4-3-5-7-18/h3-11,17,21-25,36H,12-16,31H2,1-2H3,(H,32,39)(H,33,40)(H,34,37)(H,35,38)(H,41,42). The lowest BCUT2D eigenvalue weighted by Crippen LogP contribution is -2.60. The zero-order valence-corrected chi connectivity index (χ0v) is 26.2. The molecule has 0 bridgehead atoms. The van der Waals surface area contributed by atoms with Crippen molar-refractivity contribution < 1.29 is 34.2 Å². The summed E-state index contributed by atoms with van der Waals surface area (Å²) in [4.78, 5) is 65.3. The first-order valence-corrected chi connectivity index (χ1v) is 16.7. The number of carboxylic acids is 1. The molecule has 0 aromatic heterocycles. The number of benzene rings is 2. The van der Waals surface area contributed by atoms with Crippen LogP contribution in [-0.2, 0) is 36.8 Å². The molecule has 4 amide bonds. The largest absolute Gasteiger partial charge is 0.508 e. The van der Waals surface area contributed by atoms with Crippen LogP contribution in [0.2, 0.25) is 0 Å². The molecule has 2 aromatic rings. The normalized spacial score (nSPS) is 22.6. The number of rotatable bonds is 9. The molecule has 1 aliphatic heterocycles. The van der Waals surface area contributed by atoms with Crippen LogP contribution in [-0.4, -0.2) is 81.5 Å². The van der Waals surface area contributed by atoms with E-state index in [1.807, 2.05) is 19.9 Å². The van der Waals surface area contributed by atoms with E-state index < -0.39 is 59.8 Å². The van der Waals surface area contributed by atoms with Gasteiger partial charge in [0.2, 0.25) is 23.6 Å². The Balaban J connectivity index is 1.87. The molecule has 5 unspecified atom stereocenters. The molecule has 1 saturated heterocycles. The number of aromatic hydroxyl groups is 1. The molecule has 14 heteroatoms. The lowest BCUT2D eigenvalue weighted by atomic mass is 10.0. The molecular formula is C30H39N5O7S2. The number of aliphatic carboxylic acids is 1. The van der Waals surface area contributed by atoms with Crippen LogP contribution in [0.25, 0.3) is 0 Å². The number of hydrogen-bond donors (Lipinski definition) is 7. The third kappa shape index (κ3) is 11.1. The van der Waals surface area contributed by atoms with E-state index in [-0.39, 0.29) is 42.4 Å². The Labute approximate surface area is 264 Å². The minimum atomic E-state index is -1.24. The third-order valence-corrected chi connectivity index (χ3v) is 9.21. The van der Waals surface area contributed by atoms with Gasteiger partial charge in [0.1, 0.15) is 29.9 Å². The van der Waals surface area contributed by atoms with E-state index in [9.17, 15) is 34.2 Å². The van der Waals surface area contributed by atoms with Gasteiger partial charge < -0.3 is 37.2 Å². The van der Waals surface area contributed by atoms with Gasteiger partial charge in [0.15, 0.2) is 0 Å². The van der Waals surface area contributed by atoms with Crippen molar-refractivity contribution in [3.05, 3.63) is 65.7 Å². The maximum absolute atomic E-state index is 13.6. The van der Waals surface area contributed by atoms with E-state index >= 15 is 0 Å². The van der Waals surface area contributed by atoms with Crippen molar-refractivity contribution in [3.8, 4) is 5.75 Å². The van der Waals surface area contributed by atoms with Gasteiger partial charge in [0.05, 0.1) is 6.04 Å². The van der Waals surface area contributed by atoms with E-state index in [1.165, 1.54) is 12.1 Å². The second kappa shape index (κ2) is 16.9. The average molecular weight is 646 g/mol. The fraction of sp³-hybridized carbons (Fsp3) is 0.433. The van der Waals surface area contributed by atoms with Crippen molar-refractivity contribution in [3.63, 3.8) is 0 Å². The zero-order chi connectivity index (χ0) is 32.2. The third-order valence-electron chi connectivity index (χ3n) is 6.78. The molecule has 3 rings (SSSR count). The van der Waals surface area contributed by atoms with Gasteiger partial charge in [-0.15, -0.1) is 0 Å². The number of carboxylic acid groups (broad SMARTS) is 1. The molecule has 1 aliphatic rings. The van der Waals surface area contributed by atoms with Crippen molar-refractivity contribution in [1.29, 1.82) is 0 Å². The minimum Gasteiger partial charge on any atom is -0.508 e.